The Labute approximate surface area is 176 Å². The van der Waals surface area contributed by atoms with E-state index in [9.17, 15) is 22.8 Å². The molecule has 8 nitrogen and oxygen atoms in total. The van der Waals surface area contributed by atoms with Crippen molar-refractivity contribution in [3.8, 4) is 0 Å². The van der Waals surface area contributed by atoms with Crippen LogP contribution in [0.2, 0.25) is 0 Å². The third-order valence-corrected chi connectivity index (χ3v) is 4.61. The molecule has 1 aromatic carbocycles. The third kappa shape index (κ3) is 5.36. The first kappa shape index (κ1) is 22.2. The quantitative estimate of drug-likeness (QED) is 0.425. The molecule has 2 heterocycles. The Morgan fingerprint density at radius 2 is 1.77 bits per heavy atom. The Balaban J connectivity index is 1.58. The number of aliphatic imine (C=N–C) groups is 1. The van der Waals surface area contributed by atoms with Gasteiger partial charge in [-0.15, -0.1) is 0 Å². The normalized spacial score (nSPS) is 14.5. The highest BCUT2D eigenvalue weighted by molar-refractivity contribution is 5.94. The van der Waals surface area contributed by atoms with E-state index >= 15 is 0 Å². The molecule has 0 aliphatic carbocycles. The van der Waals surface area contributed by atoms with E-state index in [-0.39, 0.29) is 18.2 Å². The Bertz CT molecular complexity index is 957. The SMILES string of the molecule is CCNC(=NCC(=O)Nc1ccc(F)c(F)c1F)N1CCN(C(=O)c2ccco2)CC1. The second-order valence-corrected chi connectivity index (χ2v) is 6.70. The molecule has 1 saturated heterocycles. The summed E-state index contributed by atoms with van der Waals surface area (Å²) in [5.41, 5.74) is -0.464. The molecule has 0 bridgehead atoms. The molecule has 2 N–H and O–H groups in total. The van der Waals surface area contributed by atoms with Gasteiger partial charge >= 0.3 is 0 Å². The van der Waals surface area contributed by atoms with E-state index in [1.807, 2.05) is 11.8 Å². The molecule has 0 radical (unpaired) electrons. The van der Waals surface area contributed by atoms with Crippen molar-refractivity contribution in [3.05, 3.63) is 53.7 Å². The molecule has 0 atom stereocenters. The van der Waals surface area contributed by atoms with Gasteiger partial charge in [0, 0.05) is 32.7 Å². The van der Waals surface area contributed by atoms with Crippen molar-refractivity contribution in [2.24, 2.45) is 4.99 Å². The molecule has 0 saturated carbocycles. The zero-order valence-electron chi connectivity index (χ0n) is 16.8. The van der Waals surface area contributed by atoms with Crippen LogP contribution in [0.1, 0.15) is 17.5 Å². The summed E-state index contributed by atoms with van der Waals surface area (Å²) in [7, 11) is 0. The van der Waals surface area contributed by atoms with E-state index in [1.165, 1.54) is 6.26 Å². The maximum absolute atomic E-state index is 13.7. The number of halogens is 3. The summed E-state index contributed by atoms with van der Waals surface area (Å²) in [5.74, 6) is -4.62. The molecule has 11 heteroatoms. The van der Waals surface area contributed by atoms with E-state index in [2.05, 4.69) is 15.6 Å². The molecule has 1 aliphatic heterocycles. The zero-order valence-corrected chi connectivity index (χ0v) is 16.8. The Kier molecular flexibility index (Phi) is 7.16. The predicted molar refractivity (Wildman–Crippen MR) is 107 cm³/mol. The van der Waals surface area contributed by atoms with Crippen LogP contribution in [0.3, 0.4) is 0 Å². The van der Waals surface area contributed by atoms with Gasteiger partial charge in [0.2, 0.25) is 5.91 Å². The summed E-state index contributed by atoms with van der Waals surface area (Å²) in [6, 6.07) is 4.92. The van der Waals surface area contributed by atoms with Crippen LogP contribution in [0.5, 0.6) is 0 Å². The fraction of sp³-hybridized carbons (Fsp3) is 0.350. The van der Waals surface area contributed by atoms with Gasteiger partial charge in [0.05, 0.1) is 12.0 Å². The fourth-order valence-electron chi connectivity index (χ4n) is 3.06. The predicted octanol–water partition coefficient (Wildman–Crippen LogP) is 2.06. The lowest BCUT2D eigenvalue weighted by Crippen LogP contribution is -2.53. The van der Waals surface area contributed by atoms with Gasteiger partial charge in [-0.3, -0.25) is 9.59 Å². The first-order valence-electron chi connectivity index (χ1n) is 9.70. The fourth-order valence-corrected chi connectivity index (χ4v) is 3.06. The number of piperazine rings is 1. The smallest absolute Gasteiger partial charge is 0.289 e. The van der Waals surface area contributed by atoms with Gasteiger partial charge in [-0.1, -0.05) is 0 Å². The molecular formula is C20H22F3N5O3. The van der Waals surface area contributed by atoms with E-state index in [4.69, 9.17) is 4.42 Å². The Hall–Kier alpha value is -3.50. The summed E-state index contributed by atoms with van der Waals surface area (Å²) >= 11 is 0. The highest BCUT2D eigenvalue weighted by atomic mass is 19.2. The van der Waals surface area contributed by atoms with Crippen molar-refractivity contribution in [1.29, 1.82) is 0 Å². The second kappa shape index (κ2) is 10.0. The molecule has 2 amide bonds. The van der Waals surface area contributed by atoms with Crippen molar-refractivity contribution in [2.45, 2.75) is 6.92 Å². The van der Waals surface area contributed by atoms with Gasteiger partial charge in [-0.2, -0.15) is 0 Å². The van der Waals surface area contributed by atoms with Crippen LogP contribution >= 0.6 is 0 Å². The van der Waals surface area contributed by atoms with Crippen LogP contribution in [-0.2, 0) is 4.79 Å². The number of furan rings is 1. The van der Waals surface area contributed by atoms with Crippen LogP contribution in [0.15, 0.2) is 39.9 Å². The number of guanidine groups is 1. The maximum Gasteiger partial charge on any atom is 0.289 e. The average Bonchev–Trinajstić information content (AvgIpc) is 3.32. The maximum atomic E-state index is 13.7. The van der Waals surface area contributed by atoms with Gasteiger partial charge in [0.15, 0.2) is 29.2 Å². The Morgan fingerprint density at radius 1 is 1.06 bits per heavy atom. The van der Waals surface area contributed by atoms with Crippen molar-refractivity contribution in [3.63, 3.8) is 0 Å². The summed E-state index contributed by atoms with van der Waals surface area (Å²) in [6.07, 6.45) is 1.44. The van der Waals surface area contributed by atoms with Crippen molar-refractivity contribution in [1.82, 2.24) is 15.1 Å². The van der Waals surface area contributed by atoms with Gasteiger partial charge in [-0.05, 0) is 31.2 Å². The number of nitrogens with zero attached hydrogens (tertiary/aromatic N) is 3. The standard InChI is InChI=1S/C20H22F3N5O3/c1-2-24-20(25-12-16(29)26-14-6-5-13(21)17(22)18(14)23)28-9-7-27(8-10-28)19(30)15-4-3-11-31-15/h3-6,11H,2,7-10,12H2,1H3,(H,24,25)(H,26,29). The van der Waals surface area contributed by atoms with Crippen LogP contribution in [-0.4, -0.2) is 66.8 Å². The minimum atomic E-state index is -1.66. The average molecular weight is 437 g/mol. The summed E-state index contributed by atoms with van der Waals surface area (Å²) in [6.45, 7) is 3.90. The molecular weight excluding hydrogens is 415 g/mol. The number of benzene rings is 1. The van der Waals surface area contributed by atoms with Crippen molar-refractivity contribution >= 4 is 23.5 Å². The molecule has 31 heavy (non-hydrogen) atoms. The number of hydrogen-bond acceptors (Lipinski definition) is 4. The molecule has 3 rings (SSSR count). The molecule has 1 fully saturated rings. The number of hydrogen-bond donors (Lipinski definition) is 2. The molecule has 0 unspecified atom stereocenters. The van der Waals surface area contributed by atoms with E-state index in [0.717, 1.165) is 12.1 Å². The van der Waals surface area contributed by atoms with E-state index in [1.54, 1.807) is 17.0 Å². The van der Waals surface area contributed by atoms with Gasteiger partial charge < -0.3 is 24.9 Å². The van der Waals surface area contributed by atoms with Crippen LogP contribution in [0.25, 0.3) is 0 Å². The van der Waals surface area contributed by atoms with Crippen LogP contribution in [0, 0.1) is 17.5 Å². The number of nitrogens with one attached hydrogen (secondary N) is 2. The van der Waals surface area contributed by atoms with Crippen molar-refractivity contribution in [2.75, 3.05) is 44.6 Å². The highest BCUT2D eigenvalue weighted by Gasteiger charge is 2.25. The number of amides is 2. The summed E-state index contributed by atoms with van der Waals surface area (Å²) in [4.78, 5) is 32.3. The first-order valence-corrected chi connectivity index (χ1v) is 9.70. The number of rotatable bonds is 5. The van der Waals surface area contributed by atoms with E-state index < -0.39 is 29.0 Å². The lowest BCUT2D eigenvalue weighted by atomic mass is 10.2. The summed E-state index contributed by atoms with van der Waals surface area (Å²) < 4.78 is 45.2. The second-order valence-electron chi connectivity index (χ2n) is 6.70. The first-order chi connectivity index (χ1) is 14.9. The number of carbonyl (C=O) groups is 2. The minimum absolute atomic E-state index is 0.195. The largest absolute Gasteiger partial charge is 0.459 e. The minimum Gasteiger partial charge on any atom is -0.459 e. The monoisotopic (exact) mass is 437 g/mol. The number of anilines is 1. The number of carbonyl (C=O) groups excluding carboxylic acids is 2. The molecule has 2 aromatic rings. The van der Waals surface area contributed by atoms with Crippen LogP contribution < -0.4 is 10.6 Å². The topological polar surface area (TPSA) is 90.2 Å². The van der Waals surface area contributed by atoms with Gasteiger partial charge in [0.1, 0.15) is 6.54 Å². The zero-order chi connectivity index (χ0) is 22.4. The van der Waals surface area contributed by atoms with Crippen LogP contribution in [0.4, 0.5) is 18.9 Å². The lowest BCUT2D eigenvalue weighted by molar-refractivity contribution is -0.114. The molecule has 1 aromatic heterocycles. The molecule has 0 spiro atoms. The highest BCUT2D eigenvalue weighted by Crippen LogP contribution is 2.19. The third-order valence-electron chi connectivity index (χ3n) is 4.61. The molecule has 166 valence electrons. The summed E-state index contributed by atoms with van der Waals surface area (Å²) in [5, 5.41) is 5.24. The van der Waals surface area contributed by atoms with Crippen molar-refractivity contribution < 1.29 is 27.2 Å². The lowest BCUT2D eigenvalue weighted by Gasteiger charge is -2.36. The Morgan fingerprint density at radius 3 is 2.42 bits per heavy atom. The van der Waals surface area contributed by atoms with Gasteiger partial charge in [-0.25, -0.2) is 18.2 Å². The van der Waals surface area contributed by atoms with Gasteiger partial charge in [0.25, 0.3) is 5.91 Å². The van der Waals surface area contributed by atoms with E-state index in [0.29, 0.717) is 38.7 Å². The molecule has 1 aliphatic rings.